The van der Waals surface area contributed by atoms with Crippen molar-refractivity contribution in [2.75, 3.05) is 161 Å². The third-order valence-corrected chi connectivity index (χ3v) is 24.1. The van der Waals surface area contributed by atoms with Crippen LogP contribution in [0.4, 0.5) is 32.3 Å². The van der Waals surface area contributed by atoms with Crippen LogP contribution in [0.15, 0.2) is 109 Å². The minimum absolute atomic E-state index is 0.00272. The molecule has 744 valence electrons. The number of unbranched alkanes of at least 4 members (excludes halogenated alkanes) is 2. The molecule has 10 heterocycles. The molecule has 2 fully saturated rings. The number of hydrogen-bond donors (Lipinski definition) is 8. The zero-order chi connectivity index (χ0) is 99.1. The Morgan fingerprint density at radius 1 is 0.478 bits per heavy atom. The van der Waals surface area contributed by atoms with Gasteiger partial charge in [-0.15, -0.1) is 0 Å². The van der Waals surface area contributed by atoms with Gasteiger partial charge >= 0.3 is 12.2 Å². The lowest BCUT2D eigenvalue weighted by Gasteiger charge is -2.35. The lowest BCUT2D eigenvalue weighted by molar-refractivity contribution is -0.168. The Bertz CT molecular complexity index is 5090. The second-order valence-electron chi connectivity index (χ2n) is 33.8. The predicted molar refractivity (Wildman–Crippen MR) is 495 cm³/mol. The first-order chi connectivity index (χ1) is 66.4. The molecule has 10 aliphatic rings. The molecule has 43 nitrogen and oxygen atoms in total. The summed E-state index contributed by atoms with van der Waals surface area (Å²) in [4.78, 5) is 248. The molecule has 0 aliphatic carbocycles. The summed E-state index contributed by atoms with van der Waals surface area (Å²) in [6.07, 6.45) is 5.10. The van der Waals surface area contributed by atoms with E-state index in [0.717, 1.165) is 24.3 Å². The van der Waals surface area contributed by atoms with Crippen molar-refractivity contribution in [1.29, 1.82) is 0 Å². The number of carbonyl (C=O) groups excluding carboxylic acids is 17. The number of carbonyl (C=O) groups is 17. The van der Waals surface area contributed by atoms with Crippen LogP contribution in [0.1, 0.15) is 149 Å². The number of nitrogens with zero attached hydrogens (tertiary/aromatic N) is 8. The number of benzene rings is 4. The third kappa shape index (κ3) is 28.5. The summed E-state index contributed by atoms with van der Waals surface area (Å²) in [6, 6.07) is 11.4. The average Bonchev–Trinajstić information content (AvgIpc) is 1.60. The Kier molecular flexibility index (Phi) is 38.7. The molecule has 43 heteroatoms. The van der Waals surface area contributed by atoms with E-state index in [2.05, 4.69) is 49.1 Å². The van der Waals surface area contributed by atoms with Crippen LogP contribution in [-0.4, -0.2) is 313 Å². The van der Waals surface area contributed by atoms with Gasteiger partial charge < -0.3 is 99.7 Å². The number of methoxy groups -OCH3 is 4. The van der Waals surface area contributed by atoms with Crippen LogP contribution < -0.4 is 71.3 Å². The molecule has 1 unspecified atom stereocenters. The van der Waals surface area contributed by atoms with Gasteiger partial charge in [0.05, 0.1) is 108 Å². The summed E-state index contributed by atoms with van der Waals surface area (Å²) in [7, 11) is 5.91. The van der Waals surface area contributed by atoms with Crippen molar-refractivity contribution in [1.82, 2.24) is 61.5 Å². The highest BCUT2D eigenvalue weighted by Gasteiger charge is 2.46. The van der Waals surface area contributed by atoms with Crippen LogP contribution in [0.2, 0.25) is 0 Å². The molecule has 0 spiro atoms. The first kappa shape index (κ1) is 104. The third-order valence-electron chi connectivity index (χ3n) is 24.1. The first-order valence-electron chi connectivity index (χ1n) is 46.2. The first-order valence-corrected chi connectivity index (χ1v) is 46.2. The van der Waals surface area contributed by atoms with Crippen molar-refractivity contribution in [3.05, 3.63) is 132 Å². The number of hydrazine groups is 1. The number of imide groups is 2. The van der Waals surface area contributed by atoms with Crippen molar-refractivity contribution < 1.29 is 129 Å². The molecule has 17 amide bonds. The van der Waals surface area contributed by atoms with Crippen molar-refractivity contribution in [2.45, 2.75) is 173 Å². The molecule has 0 radical (unpaired) electrons. The van der Waals surface area contributed by atoms with E-state index < -0.39 is 158 Å². The number of fused-ring (bicyclic) bond motifs is 2. The van der Waals surface area contributed by atoms with Crippen LogP contribution >= 0.6 is 0 Å². The predicted octanol–water partition coefficient (Wildman–Crippen LogP) is 4.20. The minimum atomic E-state index is -1.58. The number of hydrogen-bond acceptors (Lipinski definition) is 28. The van der Waals surface area contributed by atoms with Gasteiger partial charge in [0.2, 0.25) is 53.2 Å². The molecule has 7 atom stereocenters. The Hall–Kier alpha value is -14.1. The van der Waals surface area contributed by atoms with E-state index in [9.17, 15) is 81.5 Å². The van der Waals surface area contributed by atoms with Crippen molar-refractivity contribution in [3.8, 4) is 23.0 Å². The highest BCUT2D eigenvalue weighted by atomic mass is 16.6. The summed E-state index contributed by atoms with van der Waals surface area (Å²) < 4.78 is 57.6. The zero-order valence-corrected chi connectivity index (χ0v) is 78.6. The highest BCUT2D eigenvalue weighted by molar-refractivity contribution is 6.14. The fraction of sp³-hybridized carbons (Fsp3) is 0.505. The van der Waals surface area contributed by atoms with E-state index in [4.69, 9.17) is 47.4 Å². The smallest absolute Gasteiger partial charge is 0.414 e. The van der Waals surface area contributed by atoms with E-state index in [1.54, 1.807) is 65.4 Å². The summed E-state index contributed by atoms with van der Waals surface area (Å²) >= 11 is 0. The van der Waals surface area contributed by atoms with E-state index in [-0.39, 0.29) is 165 Å². The number of rotatable bonds is 31. The van der Waals surface area contributed by atoms with Crippen LogP contribution in [0.3, 0.4) is 0 Å². The molecule has 0 saturated carbocycles. The zero-order valence-electron chi connectivity index (χ0n) is 78.6. The summed E-state index contributed by atoms with van der Waals surface area (Å²) in [5.74, 6) is -11.6. The number of nitrogens with one attached hydrogen (secondary N) is 8. The Balaban J connectivity index is 0.891. The standard InChI is InChI=1S/C95H122N16O27/c1-59(34-44-133-48-46-129-5)96-36-11-9-17-70-90(123)101-66-26-22-64(23-27-66)58-138-95(128)111-62(4)72-19-14-39-105(72)93(126)69-51-76(132-8)78(53-74(69)111)136-43-15-42-135-77-52-73-68(50-75(77)131-7)92(125)104-38-13-16-67(104)54-108(73)94(127)137-57-63-20-24-65(25-21-63)100-91(124)71(18-10-12-37-97-79(112)35-45-134-49-47-130-6)103-89(122)61(3)99-81(114)56-110(87(120)33-41-107-84(117)30-31-85(107)118)109(55-80(113)98-60(2)88(121)102-70)86(119)32-40-106-82(115)28-29-83(106)116/h20-31,50-53,60-62,67,70-72,96H,1,9-19,32-49,54-58H2,2-8H3,(H,97,112)(H,98,113)(H,99,114)(H,100,124)(H,101,123)(H,102,121)(H,103,122)/t60-,61-,62?,67-,70-,71-,72-/m0/s1. The molecule has 8 N–H and O–H groups in total. The summed E-state index contributed by atoms with van der Waals surface area (Å²) in [5.41, 5.74) is 2.75. The second kappa shape index (κ2) is 51.2. The van der Waals surface area contributed by atoms with Crippen molar-refractivity contribution >= 4 is 124 Å². The second-order valence-corrected chi connectivity index (χ2v) is 33.8. The molecule has 8 bridgehead atoms. The monoisotopic (exact) mass is 1920 g/mol. The molecule has 4 aromatic carbocycles. The van der Waals surface area contributed by atoms with E-state index >= 15 is 0 Å². The van der Waals surface area contributed by atoms with Crippen LogP contribution in [0.5, 0.6) is 23.0 Å². The van der Waals surface area contributed by atoms with Gasteiger partial charge in [-0.1, -0.05) is 30.8 Å². The lowest BCUT2D eigenvalue weighted by Crippen LogP contribution is -2.59. The van der Waals surface area contributed by atoms with Crippen molar-refractivity contribution in [2.24, 2.45) is 0 Å². The molecule has 14 rings (SSSR count). The number of anilines is 4. The van der Waals surface area contributed by atoms with Gasteiger partial charge in [-0.3, -0.25) is 91.5 Å². The molecular formula is C95H122N16O27. The highest BCUT2D eigenvalue weighted by Crippen LogP contribution is 2.44. The number of ether oxygens (including phenoxy) is 10. The van der Waals surface area contributed by atoms with E-state index in [1.807, 2.05) is 6.92 Å². The van der Waals surface area contributed by atoms with Gasteiger partial charge in [0.1, 0.15) is 50.5 Å². The topological polar surface area (TPSA) is 505 Å². The van der Waals surface area contributed by atoms with Gasteiger partial charge in [-0.25, -0.2) is 19.6 Å². The Labute approximate surface area is 798 Å². The van der Waals surface area contributed by atoms with Gasteiger partial charge in [0, 0.05) is 146 Å². The maximum atomic E-state index is 14.9. The van der Waals surface area contributed by atoms with Gasteiger partial charge in [-0.05, 0) is 133 Å². The lowest BCUT2D eigenvalue weighted by atomic mass is 10.1. The Morgan fingerprint density at radius 2 is 0.935 bits per heavy atom. The molecule has 138 heavy (non-hydrogen) atoms. The van der Waals surface area contributed by atoms with Crippen LogP contribution in [0, 0.1) is 0 Å². The van der Waals surface area contributed by atoms with Crippen LogP contribution in [-0.2, 0) is 104 Å². The molecule has 10 aliphatic heterocycles. The summed E-state index contributed by atoms with van der Waals surface area (Å²) in [5, 5.41) is 23.0. The molecule has 4 aromatic rings. The Morgan fingerprint density at radius 3 is 1.43 bits per heavy atom. The minimum Gasteiger partial charge on any atom is -0.493 e. The average molecular weight is 1920 g/mol. The fourth-order valence-electron chi connectivity index (χ4n) is 16.5. The maximum absolute atomic E-state index is 14.9. The molecular weight excluding hydrogens is 1800 g/mol. The van der Waals surface area contributed by atoms with Gasteiger partial charge in [-0.2, -0.15) is 0 Å². The maximum Gasteiger partial charge on any atom is 0.414 e. The fourth-order valence-corrected chi connectivity index (χ4v) is 16.5. The SMILES string of the molecule is C=C(CCOCCOC)NCCCC[C@@H]1NC(=O)[C@H](C)NC(=O)CN(C(=O)CCN2C(=O)C=CC2=O)N(C(=O)CCN2C(=O)C=CC2=O)CC(=O)N[C@@H](C)C(=O)N[C@@H](CCCCNC(=O)CCOCCOC)C(=O)Nc2ccc(cc2)COC(=O)N2C[C@@H]3CCCN3C(=O)c3cc(OC)c(cc32)OCCCOc2cc3c(cc2OC)C(=O)N2CCC[C@H]2C(C)N3C(=O)OCc2ccc(cc2)NC1=O. The summed E-state index contributed by atoms with van der Waals surface area (Å²) in [6.45, 7) is 7.49. The van der Waals surface area contributed by atoms with Gasteiger partial charge in [0.25, 0.3) is 35.4 Å². The number of amides is 17. The van der Waals surface area contributed by atoms with Gasteiger partial charge in [0.15, 0.2) is 23.0 Å². The van der Waals surface area contributed by atoms with E-state index in [0.29, 0.717) is 134 Å². The normalized spacial score (nSPS) is 20.8. The largest absolute Gasteiger partial charge is 0.493 e. The molecule has 0 aromatic heterocycles. The van der Waals surface area contributed by atoms with Crippen molar-refractivity contribution in [3.63, 3.8) is 0 Å². The van der Waals surface area contributed by atoms with Crippen LogP contribution in [0.25, 0.3) is 0 Å². The molecule has 2 saturated heterocycles. The van der Waals surface area contributed by atoms with E-state index in [1.165, 1.54) is 69.2 Å². The quantitative estimate of drug-likeness (QED) is 0.0258.